The Bertz CT molecular complexity index is 1630. The number of rotatable bonds is 8. The zero-order valence-corrected chi connectivity index (χ0v) is 27.6. The number of fused-ring (bicyclic) bond motifs is 1. The molecule has 8 heteroatoms. The van der Waals surface area contributed by atoms with Gasteiger partial charge in [-0.3, -0.25) is 9.59 Å². The number of aromatic amines is 1. The molecule has 46 heavy (non-hydrogen) atoms. The predicted molar refractivity (Wildman–Crippen MR) is 173 cm³/mol. The molecule has 5 nitrogen and oxygen atoms in total. The summed E-state index contributed by atoms with van der Waals surface area (Å²) in [5.74, 6) is 1.88. The van der Waals surface area contributed by atoms with Gasteiger partial charge in [0.1, 0.15) is 5.54 Å². The number of aromatic nitrogens is 1. The van der Waals surface area contributed by atoms with Crippen LogP contribution >= 0.6 is 0 Å². The van der Waals surface area contributed by atoms with Crippen molar-refractivity contribution < 1.29 is 22.8 Å². The Balaban J connectivity index is 1.16. The number of nitrogens with zero attached hydrogens (tertiary/aromatic N) is 1. The van der Waals surface area contributed by atoms with Crippen LogP contribution < -0.4 is 5.32 Å². The van der Waals surface area contributed by atoms with E-state index in [0.717, 1.165) is 42.6 Å². The zero-order valence-electron chi connectivity index (χ0n) is 27.6. The average molecular weight is 634 g/mol. The molecule has 5 aliphatic carbocycles. The van der Waals surface area contributed by atoms with E-state index in [-0.39, 0.29) is 47.6 Å². The van der Waals surface area contributed by atoms with Crippen molar-refractivity contribution in [2.45, 2.75) is 109 Å². The first-order valence-corrected chi connectivity index (χ1v) is 16.9. The fourth-order valence-electron chi connectivity index (χ4n) is 10.1. The van der Waals surface area contributed by atoms with E-state index < -0.39 is 17.3 Å². The second kappa shape index (κ2) is 10.6. The first kappa shape index (κ1) is 31.3. The molecule has 2 N–H and O–H groups in total. The highest BCUT2D eigenvalue weighted by molar-refractivity contribution is 5.92. The minimum absolute atomic E-state index is 0.0577. The Morgan fingerprint density at radius 1 is 0.935 bits per heavy atom. The lowest BCUT2D eigenvalue weighted by Gasteiger charge is -2.57. The molecule has 8 rings (SSSR count). The van der Waals surface area contributed by atoms with Gasteiger partial charge in [-0.1, -0.05) is 44.2 Å². The molecule has 0 spiro atoms. The third-order valence-corrected chi connectivity index (χ3v) is 12.3. The molecule has 2 aromatic carbocycles. The Labute approximate surface area is 269 Å². The number of amides is 2. The molecular formula is C38H46F3N3O2. The molecule has 3 aromatic rings. The van der Waals surface area contributed by atoms with Gasteiger partial charge in [-0.05, 0) is 124 Å². The number of alkyl halides is 3. The van der Waals surface area contributed by atoms with Gasteiger partial charge in [-0.25, -0.2) is 0 Å². The van der Waals surface area contributed by atoms with Gasteiger partial charge in [0.2, 0.25) is 11.8 Å². The number of halogens is 3. The highest BCUT2D eigenvalue weighted by atomic mass is 19.4. The van der Waals surface area contributed by atoms with E-state index >= 15 is 0 Å². The van der Waals surface area contributed by atoms with Crippen molar-refractivity contribution in [3.63, 3.8) is 0 Å². The summed E-state index contributed by atoms with van der Waals surface area (Å²) in [6.45, 7) is 10.1. The number of carbonyl (C=O) groups is 2. The van der Waals surface area contributed by atoms with Gasteiger partial charge in [-0.15, -0.1) is 0 Å². The summed E-state index contributed by atoms with van der Waals surface area (Å²) < 4.78 is 40.0. The summed E-state index contributed by atoms with van der Waals surface area (Å²) in [6, 6.07) is 13.2. The number of nitrogens with one attached hydrogen (secondary N) is 2. The highest BCUT2D eigenvalue weighted by Gasteiger charge is 2.60. The number of hydrogen-bond donors (Lipinski definition) is 2. The van der Waals surface area contributed by atoms with Crippen LogP contribution in [0.3, 0.4) is 0 Å². The van der Waals surface area contributed by atoms with Crippen LogP contribution in [0.1, 0.15) is 101 Å². The second-order valence-electron chi connectivity index (χ2n) is 16.2. The number of H-pyrrole nitrogens is 1. The van der Waals surface area contributed by atoms with Crippen molar-refractivity contribution in [1.82, 2.24) is 15.2 Å². The Kier molecular flexibility index (Phi) is 7.22. The number of benzene rings is 2. The third-order valence-electron chi connectivity index (χ3n) is 12.3. The minimum atomic E-state index is -4.45. The largest absolute Gasteiger partial charge is 0.416 e. The quantitative estimate of drug-likeness (QED) is 0.261. The van der Waals surface area contributed by atoms with Crippen molar-refractivity contribution in [1.29, 1.82) is 0 Å². The van der Waals surface area contributed by atoms with Crippen molar-refractivity contribution in [3.8, 4) is 0 Å². The summed E-state index contributed by atoms with van der Waals surface area (Å²) in [5, 5.41) is 4.64. The summed E-state index contributed by atoms with van der Waals surface area (Å²) in [7, 11) is 0. The molecule has 2 unspecified atom stereocenters. The smallest absolute Gasteiger partial charge is 0.358 e. The average Bonchev–Trinajstić information content (AvgIpc) is 3.31. The van der Waals surface area contributed by atoms with Crippen molar-refractivity contribution in [3.05, 3.63) is 70.9 Å². The van der Waals surface area contributed by atoms with E-state index in [2.05, 4.69) is 43.2 Å². The van der Waals surface area contributed by atoms with Crippen LogP contribution in [-0.2, 0) is 22.3 Å². The van der Waals surface area contributed by atoms with E-state index in [1.54, 1.807) is 18.7 Å². The molecular weight excluding hydrogens is 587 g/mol. The fraction of sp³-hybridized carbons (Fsp3) is 0.579. The van der Waals surface area contributed by atoms with Gasteiger partial charge in [-0.2, -0.15) is 13.2 Å². The van der Waals surface area contributed by atoms with Gasteiger partial charge in [0.25, 0.3) is 0 Å². The van der Waals surface area contributed by atoms with Crippen molar-refractivity contribution >= 4 is 22.7 Å². The Hall–Kier alpha value is -3.29. The summed E-state index contributed by atoms with van der Waals surface area (Å²) in [6.07, 6.45) is 2.56. The highest BCUT2D eigenvalue weighted by Crippen LogP contribution is 2.67. The van der Waals surface area contributed by atoms with Gasteiger partial charge in [0.15, 0.2) is 0 Å². The molecule has 0 radical (unpaired) electrons. The lowest BCUT2D eigenvalue weighted by atomic mass is 9.53. The lowest BCUT2D eigenvalue weighted by Crippen LogP contribution is -2.65. The van der Waals surface area contributed by atoms with Crippen LogP contribution in [0.4, 0.5) is 13.2 Å². The third kappa shape index (κ3) is 5.33. The molecule has 5 saturated carbocycles. The number of hydrogen-bond acceptors (Lipinski definition) is 2. The predicted octanol–water partition coefficient (Wildman–Crippen LogP) is 8.52. The van der Waals surface area contributed by atoms with Gasteiger partial charge in [0.05, 0.1) is 5.56 Å². The molecule has 4 bridgehead atoms. The SMILES string of the molecule is Cc1[nH]c2ccccc2c1C1C(CC(=O)N(Cc2ccc(C(F)(F)F)cc2)C(C)(C)C(=O)NC23CC4CC(CC(C4)C2)C3)C1(C)C. The molecule has 5 fully saturated rings. The van der Waals surface area contributed by atoms with E-state index in [9.17, 15) is 22.8 Å². The van der Waals surface area contributed by atoms with E-state index in [1.807, 2.05) is 12.1 Å². The number of para-hydroxylation sites is 1. The van der Waals surface area contributed by atoms with Gasteiger partial charge >= 0.3 is 6.18 Å². The first-order valence-electron chi connectivity index (χ1n) is 16.9. The monoisotopic (exact) mass is 633 g/mol. The molecule has 2 atom stereocenters. The van der Waals surface area contributed by atoms with E-state index in [1.165, 1.54) is 42.3 Å². The normalized spacial score (nSPS) is 29.6. The van der Waals surface area contributed by atoms with Gasteiger partial charge < -0.3 is 15.2 Å². The van der Waals surface area contributed by atoms with E-state index in [0.29, 0.717) is 23.3 Å². The van der Waals surface area contributed by atoms with Crippen LogP contribution in [0.15, 0.2) is 48.5 Å². The molecule has 246 valence electrons. The van der Waals surface area contributed by atoms with Crippen molar-refractivity contribution in [2.24, 2.45) is 29.1 Å². The summed E-state index contributed by atoms with van der Waals surface area (Å²) in [4.78, 5) is 33.9. The van der Waals surface area contributed by atoms with E-state index in [4.69, 9.17) is 0 Å². The first-order chi connectivity index (χ1) is 21.6. The minimum Gasteiger partial charge on any atom is -0.358 e. The molecule has 1 aromatic heterocycles. The molecule has 1 heterocycles. The fourth-order valence-corrected chi connectivity index (χ4v) is 10.1. The Morgan fingerprint density at radius 2 is 1.52 bits per heavy atom. The summed E-state index contributed by atoms with van der Waals surface area (Å²) in [5.41, 5.74) is 1.71. The lowest BCUT2D eigenvalue weighted by molar-refractivity contribution is -0.150. The maximum atomic E-state index is 14.4. The topological polar surface area (TPSA) is 65.2 Å². The maximum Gasteiger partial charge on any atom is 0.416 e. The maximum absolute atomic E-state index is 14.4. The van der Waals surface area contributed by atoms with Crippen LogP contribution in [-0.4, -0.2) is 32.8 Å². The number of aryl methyl sites for hydroxylation is 1. The molecule has 2 amide bonds. The molecule has 5 aliphatic rings. The summed E-state index contributed by atoms with van der Waals surface area (Å²) >= 11 is 0. The van der Waals surface area contributed by atoms with Crippen LogP contribution in [0.25, 0.3) is 10.9 Å². The standard InChI is InChI=1S/C38H46F3N3O2/c1-22-32(28-8-6-7-9-30(28)42-22)33-29(35(33,2)3)17-31(45)44(21-23-10-12-27(13-11-23)38(39,40)41)36(4,5)34(46)43-37-18-24-14-25(19-37)16-26(15-24)20-37/h6-13,24-26,29,33,42H,14-21H2,1-5H3,(H,43,46). The van der Waals surface area contributed by atoms with Crippen LogP contribution in [0.5, 0.6) is 0 Å². The Morgan fingerprint density at radius 3 is 2.11 bits per heavy atom. The second-order valence-corrected chi connectivity index (χ2v) is 16.2. The molecule has 0 saturated heterocycles. The molecule has 0 aliphatic heterocycles. The number of carbonyl (C=O) groups excluding carboxylic acids is 2. The van der Waals surface area contributed by atoms with Crippen molar-refractivity contribution in [2.75, 3.05) is 0 Å². The van der Waals surface area contributed by atoms with Crippen LogP contribution in [0, 0.1) is 36.0 Å². The van der Waals surface area contributed by atoms with Crippen LogP contribution in [0.2, 0.25) is 0 Å². The zero-order chi connectivity index (χ0) is 32.8. The van der Waals surface area contributed by atoms with Gasteiger partial charge in [0, 0.05) is 35.1 Å².